The van der Waals surface area contributed by atoms with E-state index in [0.29, 0.717) is 12.1 Å². The topological polar surface area (TPSA) is 31.6 Å². The van der Waals surface area contributed by atoms with Gasteiger partial charge in [-0.3, -0.25) is 9.80 Å². The highest BCUT2D eigenvalue weighted by Crippen LogP contribution is 2.27. The van der Waals surface area contributed by atoms with Gasteiger partial charge in [0.2, 0.25) is 0 Å². The molecule has 1 aromatic rings. The number of aryl methyl sites for hydroxylation is 1. The first-order chi connectivity index (χ1) is 8.09. The van der Waals surface area contributed by atoms with Crippen molar-refractivity contribution in [3.63, 3.8) is 0 Å². The third-order valence-electron chi connectivity index (χ3n) is 3.53. The standard InChI is InChI=1S/C13H23N3O/c1-10-5-6-12(17-10)13(15(2)3)11-9-14-7-8-16(11)4/h5-6,11,13-14H,7-9H2,1-4H3. The van der Waals surface area contributed by atoms with Gasteiger partial charge in [-0.15, -0.1) is 0 Å². The molecule has 0 saturated carbocycles. The molecule has 1 N–H and O–H groups in total. The van der Waals surface area contributed by atoms with Gasteiger partial charge in [-0.05, 0) is 40.2 Å². The molecular weight excluding hydrogens is 214 g/mol. The average molecular weight is 237 g/mol. The minimum absolute atomic E-state index is 0.307. The van der Waals surface area contributed by atoms with Gasteiger partial charge in [0.05, 0.1) is 6.04 Å². The molecule has 0 bridgehead atoms. The molecule has 1 aliphatic rings. The number of hydrogen-bond acceptors (Lipinski definition) is 4. The van der Waals surface area contributed by atoms with Crippen molar-refractivity contribution in [2.45, 2.75) is 19.0 Å². The van der Waals surface area contributed by atoms with Gasteiger partial charge in [0, 0.05) is 25.7 Å². The highest BCUT2D eigenvalue weighted by Gasteiger charge is 2.32. The summed E-state index contributed by atoms with van der Waals surface area (Å²) in [5, 5.41) is 3.47. The Morgan fingerprint density at radius 3 is 2.76 bits per heavy atom. The maximum atomic E-state index is 5.81. The van der Waals surface area contributed by atoms with Crippen LogP contribution in [-0.4, -0.2) is 56.6 Å². The molecule has 1 saturated heterocycles. The summed E-state index contributed by atoms with van der Waals surface area (Å²) in [6.07, 6.45) is 0. The van der Waals surface area contributed by atoms with E-state index in [1.807, 2.05) is 13.0 Å². The van der Waals surface area contributed by atoms with Gasteiger partial charge < -0.3 is 9.73 Å². The fourth-order valence-electron chi connectivity index (χ4n) is 2.58. The number of likely N-dealkylation sites (N-methyl/N-ethyl adjacent to an activating group) is 2. The van der Waals surface area contributed by atoms with E-state index in [1.54, 1.807) is 0 Å². The van der Waals surface area contributed by atoms with Crippen molar-refractivity contribution in [3.8, 4) is 0 Å². The van der Waals surface area contributed by atoms with Crippen LogP contribution in [0.15, 0.2) is 16.5 Å². The Morgan fingerprint density at radius 1 is 1.47 bits per heavy atom. The van der Waals surface area contributed by atoms with Gasteiger partial charge in [-0.1, -0.05) is 0 Å². The number of hydrogen-bond donors (Lipinski definition) is 1. The lowest BCUT2D eigenvalue weighted by atomic mass is 10.0. The molecule has 17 heavy (non-hydrogen) atoms. The van der Waals surface area contributed by atoms with E-state index < -0.39 is 0 Å². The summed E-state index contributed by atoms with van der Waals surface area (Å²) < 4.78 is 5.81. The third-order valence-corrected chi connectivity index (χ3v) is 3.53. The lowest BCUT2D eigenvalue weighted by Crippen LogP contribution is -2.54. The normalized spacial score (nSPS) is 24.2. The molecule has 4 heteroatoms. The molecule has 2 atom stereocenters. The summed E-state index contributed by atoms with van der Waals surface area (Å²) >= 11 is 0. The zero-order chi connectivity index (χ0) is 12.4. The van der Waals surface area contributed by atoms with E-state index in [2.05, 4.69) is 42.3 Å². The van der Waals surface area contributed by atoms with Crippen molar-refractivity contribution in [1.82, 2.24) is 15.1 Å². The number of piperazine rings is 1. The van der Waals surface area contributed by atoms with Crippen LogP contribution >= 0.6 is 0 Å². The largest absolute Gasteiger partial charge is 0.465 e. The molecule has 1 fully saturated rings. The minimum atomic E-state index is 0.307. The molecule has 2 unspecified atom stereocenters. The summed E-state index contributed by atoms with van der Waals surface area (Å²) in [6.45, 7) is 5.18. The minimum Gasteiger partial charge on any atom is -0.465 e. The summed E-state index contributed by atoms with van der Waals surface area (Å²) in [4.78, 5) is 4.66. The Labute approximate surface area is 104 Å². The molecule has 0 spiro atoms. The van der Waals surface area contributed by atoms with Crippen LogP contribution in [0.1, 0.15) is 17.6 Å². The van der Waals surface area contributed by atoms with E-state index in [-0.39, 0.29) is 0 Å². The van der Waals surface area contributed by atoms with Crippen molar-refractivity contribution in [1.29, 1.82) is 0 Å². The molecular formula is C13H23N3O. The van der Waals surface area contributed by atoms with Crippen molar-refractivity contribution in [2.24, 2.45) is 0 Å². The van der Waals surface area contributed by atoms with Crippen LogP contribution in [0.3, 0.4) is 0 Å². The van der Waals surface area contributed by atoms with Gasteiger partial charge in [0.25, 0.3) is 0 Å². The highest BCUT2D eigenvalue weighted by atomic mass is 16.3. The predicted octanol–water partition coefficient (Wildman–Crippen LogP) is 1.09. The van der Waals surface area contributed by atoms with Gasteiger partial charge in [-0.2, -0.15) is 0 Å². The Morgan fingerprint density at radius 2 is 2.24 bits per heavy atom. The van der Waals surface area contributed by atoms with Gasteiger partial charge in [0.15, 0.2) is 0 Å². The first-order valence-corrected chi connectivity index (χ1v) is 6.23. The fraction of sp³-hybridized carbons (Fsp3) is 0.692. The van der Waals surface area contributed by atoms with Crippen molar-refractivity contribution >= 4 is 0 Å². The summed E-state index contributed by atoms with van der Waals surface area (Å²) in [7, 11) is 6.42. The number of rotatable bonds is 3. The van der Waals surface area contributed by atoms with Crippen LogP contribution < -0.4 is 5.32 Å². The van der Waals surface area contributed by atoms with Crippen LogP contribution in [0.25, 0.3) is 0 Å². The second kappa shape index (κ2) is 5.21. The maximum absolute atomic E-state index is 5.81. The van der Waals surface area contributed by atoms with Crippen molar-refractivity contribution in [3.05, 3.63) is 23.7 Å². The SMILES string of the molecule is Cc1ccc(C(C2CNCCN2C)N(C)C)o1. The van der Waals surface area contributed by atoms with Gasteiger partial charge in [-0.25, -0.2) is 0 Å². The highest BCUT2D eigenvalue weighted by molar-refractivity contribution is 5.13. The second-order valence-corrected chi connectivity index (χ2v) is 5.11. The van der Waals surface area contributed by atoms with E-state index in [1.165, 1.54) is 0 Å². The maximum Gasteiger partial charge on any atom is 0.122 e. The van der Waals surface area contributed by atoms with Crippen LogP contribution in [0.2, 0.25) is 0 Å². The van der Waals surface area contributed by atoms with Gasteiger partial charge >= 0.3 is 0 Å². The van der Waals surface area contributed by atoms with E-state index in [4.69, 9.17) is 4.42 Å². The van der Waals surface area contributed by atoms with Crippen molar-refractivity contribution < 1.29 is 4.42 Å². The predicted molar refractivity (Wildman–Crippen MR) is 69.2 cm³/mol. The third kappa shape index (κ3) is 2.70. The molecule has 0 amide bonds. The molecule has 96 valence electrons. The Bertz CT molecular complexity index is 361. The molecule has 0 radical (unpaired) electrons. The first kappa shape index (κ1) is 12.6. The summed E-state index contributed by atoms with van der Waals surface area (Å²) in [5.74, 6) is 2.05. The Balaban J connectivity index is 2.22. The zero-order valence-electron chi connectivity index (χ0n) is 11.2. The molecule has 0 aliphatic carbocycles. The molecule has 4 nitrogen and oxygen atoms in total. The van der Waals surface area contributed by atoms with Crippen LogP contribution in [0.4, 0.5) is 0 Å². The molecule has 2 heterocycles. The first-order valence-electron chi connectivity index (χ1n) is 6.23. The van der Waals surface area contributed by atoms with Crippen LogP contribution in [-0.2, 0) is 0 Å². The number of nitrogens with one attached hydrogen (secondary N) is 1. The molecule has 1 aliphatic heterocycles. The fourth-order valence-corrected chi connectivity index (χ4v) is 2.58. The monoisotopic (exact) mass is 237 g/mol. The Kier molecular flexibility index (Phi) is 3.86. The van der Waals surface area contributed by atoms with E-state index in [9.17, 15) is 0 Å². The molecule has 0 aromatic carbocycles. The van der Waals surface area contributed by atoms with Crippen LogP contribution in [0.5, 0.6) is 0 Å². The van der Waals surface area contributed by atoms with E-state index in [0.717, 1.165) is 31.2 Å². The number of furan rings is 1. The summed E-state index contributed by atoms with van der Waals surface area (Å²) in [6, 6.07) is 4.91. The second-order valence-electron chi connectivity index (χ2n) is 5.11. The summed E-state index contributed by atoms with van der Waals surface area (Å²) in [5.41, 5.74) is 0. The van der Waals surface area contributed by atoms with Gasteiger partial charge in [0.1, 0.15) is 11.5 Å². The zero-order valence-corrected chi connectivity index (χ0v) is 11.2. The van der Waals surface area contributed by atoms with E-state index >= 15 is 0 Å². The number of nitrogens with zero attached hydrogens (tertiary/aromatic N) is 2. The molecule has 2 rings (SSSR count). The lowest BCUT2D eigenvalue weighted by molar-refractivity contribution is 0.0935. The Hall–Kier alpha value is -0.840. The lowest BCUT2D eigenvalue weighted by Gasteiger charge is -2.40. The quantitative estimate of drug-likeness (QED) is 0.853. The van der Waals surface area contributed by atoms with Crippen LogP contribution in [0, 0.1) is 6.92 Å². The molecule has 1 aromatic heterocycles. The average Bonchev–Trinajstić information content (AvgIpc) is 2.68. The van der Waals surface area contributed by atoms with Crippen molar-refractivity contribution in [2.75, 3.05) is 40.8 Å². The smallest absolute Gasteiger partial charge is 0.122 e.